The van der Waals surface area contributed by atoms with Crippen molar-refractivity contribution < 1.29 is 4.57 Å². The third kappa shape index (κ3) is 2.70. The molecule has 0 amide bonds. The molecule has 2 aromatic rings. The molecule has 0 saturated heterocycles. The Hall–Kier alpha value is -2.15. The molecule has 0 fully saturated rings. The zero-order chi connectivity index (χ0) is 12.1. The molecule has 1 aromatic carbocycles. The number of rotatable bonds is 4. The molecule has 1 heteroatoms. The van der Waals surface area contributed by atoms with Crippen LogP contribution in [0.25, 0.3) is 12.2 Å². The highest BCUT2D eigenvalue weighted by Gasteiger charge is 2.06. The molecule has 1 nitrogen and oxygen atoms in total. The lowest BCUT2D eigenvalue weighted by atomic mass is 10.1. The van der Waals surface area contributed by atoms with Crippen LogP contribution in [0.4, 0.5) is 0 Å². The maximum atomic E-state index is 3.83. The Kier molecular flexibility index (Phi) is 3.51. The normalized spacial score (nSPS) is 9.88. The molecular formula is C16H16N+. The van der Waals surface area contributed by atoms with Crippen LogP contribution in [0.15, 0.2) is 61.8 Å². The second-order valence-electron chi connectivity index (χ2n) is 3.90. The minimum atomic E-state index is 0.861. The molecule has 1 aromatic heterocycles. The van der Waals surface area contributed by atoms with Crippen molar-refractivity contribution in [2.75, 3.05) is 0 Å². The van der Waals surface area contributed by atoms with Crippen molar-refractivity contribution in [2.24, 2.45) is 0 Å². The molecule has 0 aliphatic heterocycles. The van der Waals surface area contributed by atoms with Crippen LogP contribution in [0.1, 0.15) is 16.8 Å². The van der Waals surface area contributed by atoms with Gasteiger partial charge in [0, 0.05) is 23.8 Å². The zero-order valence-electron chi connectivity index (χ0n) is 9.84. The summed E-state index contributed by atoms with van der Waals surface area (Å²) in [6, 6.07) is 14.5. The van der Waals surface area contributed by atoms with Gasteiger partial charge in [-0.1, -0.05) is 43.5 Å². The fraction of sp³-hybridized carbons (Fsp3) is 0.0625. The fourth-order valence-corrected chi connectivity index (χ4v) is 1.77. The first-order valence-corrected chi connectivity index (χ1v) is 5.66. The van der Waals surface area contributed by atoms with E-state index in [4.69, 9.17) is 0 Å². The number of benzene rings is 1. The van der Waals surface area contributed by atoms with Gasteiger partial charge in [0.1, 0.15) is 0 Å². The fourth-order valence-electron chi connectivity index (χ4n) is 1.77. The highest BCUT2D eigenvalue weighted by Crippen LogP contribution is 2.05. The second kappa shape index (κ2) is 5.26. The van der Waals surface area contributed by atoms with E-state index in [0.29, 0.717) is 0 Å². The minimum absolute atomic E-state index is 0.861. The smallest absolute Gasteiger partial charge is 0.194 e. The molecule has 17 heavy (non-hydrogen) atoms. The molecule has 0 atom stereocenters. The maximum absolute atomic E-state index is 3.83. The predicted octanol–water partition coefficient (Wildman–Crippen LogP) is 3.31. The number of nitrogens with zero attached hydrogens (tertiary/aromatic N) is 1. The van der Waals surface area contributed by atoms with E-state index in [9.17, 15) is 0 Å². The van der Waals surface area contributed by atoms with Gasteiger partial charge >= 0.3 is 0 Å². The van der Waals surface area contributed by atoms with Crippen molar-refractivity contribution in [1.29, 1.82) is 0 Å². The monoisotopic (exact) mass is 222 g/mol. The third-order valence-electron chi connectivity index (χ3n) is 2.75. The molecule has 84 valence electrons. The third-order valence-corrected chi connectivity index (χ3v) is 2.75. The zero-order valence-corrected chi connectivity index (χ0v) is 9.84. The lowest BCUT2D eigenvalue weighted by molar-refractivity contribution is -0.690. The highest BCUT2D eigenvalue weighted by atomic mass is 14.9. The molecule has 0 aliphatic rings. The quantitative estimate of drug-likeness (QED) is 0.699. The molecule has 1 heterocycles. The largest absolute Gasteiger partial charge is 0.204 e. The Morgan fingerprint density at radius 3 is 2.35 bits per heavy atom. The summed E-state index contributed by atoms with van der Waals surface area (Å²) < 4.78 is 2.18. The van der Waals surface area contributed by atoms with Crippen molar-refractivity contribution in [2.45, 2.75) is 6.54 Å². The summed E-state index contributed by atoms with van der Waals surface area (Å²) in [7, 11) is 0. The molecule has 0 unspecified atom stereocenters. The molecule has 0 N–H and O–H groups in total. The van der Waals surface area contributed by atoms with Crippen LogP contribution in [-0.4, -0.2) is 0 Å². The van der Waals surface area contributed by atoms with Crippen LogP contribution in [-0.2, 0) is 6.54 Å². The van der Waals surface area contributed by atoms with E-state index < -0.39 is 0 Å². The molecule has 0 saturated carbocycles. The Bertz CT molecular complexity index is 523. The van der Waals surface area contributed by atoms with Gasteiger partial charge in [-0.3, -0.25) is 0 Å². The number of aromatic nitrogens is 1. The molecule has 0 radical (unpaired) electrons. The first kappa shape index (κ1) is 11.3. The molecule has 2 rings (SSSR count). The molecule has 0 spiro atoms. The minimum Gasteiger partial charge on any atom is -0.194 e. The summed E-state index contributed by atoms with van der Waals surface area (Å²) in [6.45, 7) is 8.44. The molecular weight excluding hydrogens is 206 g/mol. The van der Waals surface area contributed by atoms with Gasteiger partial charge in [-0.25, -0.2) is 0 Å². The van der Waals surface area contributed by atoms with Gasteiger partial charge in [-0.15, -0.1) is 0 Å². The Balaban J connectivity index is 2.24. The summed E-state index contributed by atoms with van der Waals surface area (Å²) in [5, 5.41) is 0. The topological polar surface area (TPSA) is 3.88 Å². The standard InChI is InChI=1S/C16H16N/c1-3-14-8-10-15(11-9-14)13-17-12-6-5-7-16(17)4-2/h3-12H,1-2,13H2/q+1. The van der Waals surface area contributed by atoms with Crippen LogP contribution < -0.4 is 4.57 Å². The van der Waals surface area contributed by atoms with E-state index in [1.165, 1.54) is 5.56 Å². The van der Waals surface area contributed by atoms with Crippen molar-refractivity contribution in [1.82, 2.24) is 0 Å². The summed E-state index contributed by atoms with van der Waals surface area (Å²) in [5.41, 5.74) is 3.55. The summed E-state index contributed by atoms with van der Waals surface area (Å²) in [6.07, 6.45) is 5.80. The first-order valence-electron chi connectivity index (χ1n) is 5.66. The Morgan fingerprint density at radius 2 is 1.71 bits per heavy atom. The predicted molar refractivity (Wildman–Crippen MR) is 72.4 cm³/mol. The molecule has 0 bridgehead atoms. The summed E-state index contributed by atoms with van der Waals surface area (Å²) >= 11 is 0. The van der Waals surface area contributed by atoms with Gasteiger partial charge in [-0.2, -0.15) is 4.57 Å². The Morgan fingerprint density at radius 1 is 0.941 bits per heavy atom. The SMILES string of the molecule is C=Cc1ccc(C[n+]2ccccc2C=C)cc1. The highest BCUT2D eigenvalue weighted by molar-refractivity contribution is 5.47. The van der Waals surface area contributed by atoms with Gasteiger partial charge in [0.2, 0.25) is 5.69 Å². The maximum Gasteiger partial charge on any atom is 0.204 e. The second-order valence-corrected chi connectivity index (χ2v) is 3.90. The average molecular weight is 222 g/mol. The van der Waals surface area contributed by atoms with Crippen LogP contribution in [0.5, 0.6) is 0 Å². The van der Waals surface area contributed by atoms with E-state index in [1.807, 2.05) is 24.3 Å². The van der Waals surface area contributed by atoms with E-state index in [-0.39, 0.29) is 0 Å². The Labute approximate surface area is 102 Å². The average Bonchev–Trinajstić information content (AvgIpc) is 2.40. The van der Waals surface area contributed by atoms with Crippen LogP contribution >= 0.6 is 0 Å². The van der Waals surface area contributed by atoms with E-state index in [2.05, 4.69) is 54.3 Å². The van der Waals surface area contributed by atoms with Crippen molar-refractivity contribution in [3.8, 4) is 0 Å². The van der Waals surface area contributed by atoms with Crippen molar-refractivity contribution in [3.05, 3.63) is 78.6 Å². The first-order chi connectivity index (χ1) is 8.33. The van der Waals surface area contributed by atoms with Crippen LogP contribution in [0.3, 0.4) is 0 Å². The van der Waals surface area contributed by atoms with Gasteiger partial charge in [0.05, 0.1) is 0 Å². The van der Waals surface area contributed by atoms with Gasteiger partial charge < -0.3 is 0 Å². The lowest BCUT2D eigenvalue weighted by Crippen LogP contribution is -2.36. The van der Waals surface area contributed by atoms with E-state index in [1.54, 1.807) is 0 Å². The van der Waals surface area contributed by atoms with Gasteiger partial charge in [-0.05, 0) is 11.6 Å². The van der Waals surface area contributed by atoms with Crippen molar-refractivity contribution >= 4 is 12.2 Å². The summed E-state index contributed by atoms with van der Waals surface area (Å²) in [5.74, 6) is 0. The molecule has 0 aliphatic carbocycles. The van der Waals surface area contributed by atoms with Gasteiger partial charge in [0.15, 0.2) is 12.7 Å². The van der Waals surface area contributed by atoms with Crippen LogP contribution in [0, 0.1) is 0 Å². The number of pyridine rings is 1. The van der Waals surface area contributed by atoms with Gasteiger partial charge in [0.25, 0.3) is 0 Å². The number of hydrogen-bond acceptors (Lipinski definition) is 0. The van der Waals surface area contributed by atoms with Crippen molar-refractivity contribution in [3.63, 3.8) is 0 Å². The lowest BCUT2D eigenvalue weighted by Gasteiger charge is -2.01. The van der Waals surface area contributed by atoms with E-state index in [0.717, 1.165) is 17.8 Å². The number of hydrogen-bond donors (Lipinski definition) is 0. The summed E-state index contributed by atoms with van der Waals surface area (Å²) in [4.78, 5) is 0. The van der Waals surface area contributed by atoms with E-state index >= 15 is 0 Å². The van der Waals surface area contributed by atoms with Crippen LogP contribution in [0.2, 0.25) is 0 Å².